The van der Waals surface area contributed by atoms with Gasteiger partial charge in [-0.25, -0.2) is 9.98 Å². The lowest BCUT2D eigenvalue weighted by Crippen LogP contribution is -2.16. The highest BCUT2D eigenvalue weighted by Gasteiger charge is 2.13. The van der Waals surface area contributed by atoms with Crippen LogP contribution in [0.2, 0.25) is 0 Å². The van der Waals surface area contributed by atoms with Crippen LogP contribution in [0.15, 0.2) is 28.2 Å². The van der Waals surface area contributed by atoms with Crippen LogP contribution in [0.5, 0.6) is 0 Å². The van der Waals surface area contributed by atoms with Crippen LogP contribution in [0.25, 0.3) is 0 Å². The van der Waals surface area contributed by atoms with Gasteiger partial charge in [0.15, 0.2) is 11.0 Å². The van der Waals surface area contributed by atoms with Crippen molar-refractivity contribution in [3.05, 3.63) is 18.3 Å². The van der Waals surface area contributed by atoms with Gasteiger partial charge >= 0.3 is 0 Å². The Bertz CT molecular complexity index is 363. The number of nitrogens with zero attached hydrogens (tertiary/aromatic N) is 2. The molecule has 5 heteroatoms. The molecule has 0 amide bonds. The Balaban J connectivity index is 2.22. The van der Waals surface area contributed by atoms with Crippen LogP contribution in [0.4, 0.5) is 5.82 Å². The quantitative estimate of drug-likeness (QED) is 0.746. The zero-order valence-electron chi connectivity index (χ0n) is 8.02. The van der Waals surface area contributed by atoms with Crippen molar-refractivity contribution in [2.75, 3.05) is 0 Å². The molecule has 0 fully saturated rings. The predicted octanol–water partition coefficient (Wildman–Crippen LogP) is 2.82. The van der Waals surface area contributed by atoms with E-state index in [0.717, 1.165) is 15.9 Å². The summed E-state index contributed by atoms with van der Waals surface area (Å²) >= 11 is 3.29. The van der Waals surface area contributed by atoms with Gasteiger partial charge in [-0.2, -0.15) is 0 Å². The Labute approximate surface area is 91.9 Å². The molecular formula is C9H11N3S2. The van der Waals surface area contributed by atoms with Crippen molar-refractivity contribution in [3.63, 3.8) is 0 Å². The number of aliphatic imine (C=N–C) groups is 1. The van der Waals surface area contributed by atoms with Crippen molar-refractivity contribution in [2.45, 2.75) is 24.0 Å². The smallest absolute Gasteiger partial charge is 0.174 e. The summed E-state index contributed by atoms with van der Waals surface area (Å²) in [6, 6.07) is 3.93. The summed E-state index contributed by atoms with van der Waals surface area (Å²) in [7, 11) is 0. The molecule has 0 aromatic carbocycles. The first-order valence-electron chi connectivity index (χ1n) is 4.39. The minimum Gasteiger partial charge on any atom is -0.305 e. The minimum absolute atomic E-state index is 0.534. The van der Waals surface area contributed by atoms with Crippen molar-refractivity contribution in [3.8, 4) is 0 Å². The number of fused-ring (bicyclic) bond motifs is 1. The van der Waals surface area contributed by atoms with E-state index < -0.39 is 0 Å². The van der Waals surface area contributed by atoms with Gasteiger partial charge in [0.25, 0.3) is 0 Å². The highest BCUT2D eigenvalue weighted by atomic mass is 32.2. The molecule has 2 rings (SSSR count). The molecule has 74 valence electrons. The van der Waals surface area contributed by atoms with Crippen LogP contribution < -0.4 is 4.72 Å². The van der Waals surface area contributed by atoms with Gasteiger partial charge in [0, 0.05) is 11.4 Å². The highest BCUT2D eigenvalue weighted by Crippen LogP contribution is 2.31. The highest BCUT2D eigenvalue weighted by molar-refractivity contribution is 8.16. The molecule has 14 heavy (non-hydrogen) atoms. The topological polar surface area (TPSA) is 37.3 Å². The summed E-state index contributed by atoms with van der Waals surface area (Å²) in [4.78, 5) is 9.72. The van der Waals surface area contributed by atoms with Crippen molar-refractivity contribution in [1.29, 1.82) is 0 Å². The zero-order chi connectivity index (χ0) is 9.97. The fourth-order valence-electron chi connectivity index (χ4n) is 1.04. The zero-order valence-corrected chi connectivity index (χ0v) is 9.65. The Kier molecular flexibility index (Phi) is 2.98. The van der Waals surface area contributed by atoms with E-state index in [2.05, 4.69) is 28.5 Å². The molecule has 0 bridgehead atoms. The van der Waals surface area contributed by atoms with E-state index in [9.17, 15) is 0 Å². The summed E-state index contributed by atoms with van der Waals surface area (Å²) in [6.45, 7) is 4.29. The van der Waals surface area contributed by atoms with E-state index in [0.29, 0.717) is 5.25 Å². The maximum atomic E-state index is 4.42. The monoisotopic (exact) mass is 225 g/mol. The van der Waals surface area contributed by atoms with Gasteiger partial charge in [-0.05, 0) is 24.1 Å². The van der Waals surface area contributed by atoms with Crippen molar-refractivity contribution < 1.29 is 0 Å². The molecule has 1 N–H and O–H groups in total. The number of aromatic nitrogens is 1. The molecule has 0 saturated carbocycles. The summed E-state index contributed by atoms with van der Waals surface area (Å²) in [5, 5.41) is 1.48. The van der Waals surface area contributed by atoms with E-state index in [1.54, 1.807) is 29.9 Å². The third kappa shape index (κ3) is 2.22. The minimum atomic E-state index is 0.534. The number of rotatable bonds is 1. The first-order valence-corrected chi connectivity index (χ1v) is 6.08. The first kappa shape index (κ1) is 9.86. The van der Waals surface area contributed by atoms with Gasteiger partial charge in [0.2, 0.25) is 0 Å². The van der Waals surface area contributed by atoms with Crippen molar-refractivity contribution >= 4 is 34.7 Å². The second-order valence-electron chi connectivity index (χ2n) is 3.11. The molecule has 0 spiro atoms. The molecule has 0 aliphatic carbocycles. The fraction of sp³-hybridized carbons (Fsp3) is 0.333. The summed E-state index contributed by atoms with van der Waals surface area (Å²) in [5.41, 5.74) is 0. The van der Waals surface area contributed by atoms with Crippen LogP contribution in [0, 0.1) is 0 Å². The molecule has 0 atom stereocenters. The Hall–Kier alpha value is -0.680. The van der Waals surface area contributed by atoms with Crippen LogP contribution >= 0.6 is 23.7 Å². The number of amidine groups is 1. The van der Waals surface area contributed by atoms with Crippen LogP contribution in [0.3, 0.4) is 0 Å². The number of nitrogens with one attached hydrogen (secondary N) is 1. The fourth-order valence-corrected chi connectivity index (χ4v) is 2.52. The molecule has 2 heterocycles. The van der Waals surface area contributed by atoms with E-state index in [1.807, 2.05) is 12.1 Å². The standard InChI is InChI=1S/C9H11N3S2/c1-6(2)13-9-11-8-7(14-12-9)4-3-5-10-8/h3-6H,1-2H3,(H,10,11,12). The molecule has 1 aromatic rings. The van der Waals surface area contributed by atoms with Gasteiger partial charge in [-0.1, -0.05) is 25.6 Å². The van der Waals surface area contributed by atoms with E-state index in [-0.39, 0.29) is 0 Å². The van der Waals surface area contributed by atoms with E-state index in [4.69, 9.17) is 0 Å². The van der Waals surface area contributed by atoms with Crippen LogP contribution in [-0.4, -0.2) is 15.4 Å². The molecule has 1 aliphatic rings. The Morgan fingerprint density at radius 2 is 2.36 bits per heavy atom. The average molecular weight is 225 g/mol. The lowest BCUT2D eigenvalue weighted by atomic mass is 10.5. The van der Waals surface area contributed by atoms with Gasteiger partial charge < -0.3 is 4.72 Å². The van der Waals surface area contributed by atoms with E-state index in [1.165, 1.54) is 0 Å². The van der Waals surface area contributed by atoms with Gasteiger partial charge in [-0.3, -0.25) is 0 Å². The second kappa shape index (κ2) is 4.23. The Morgan fingerprint density at radius 3 is 3.14 bits per heavy atom. The second-order valence-corrected chi connectivity index (χ2v) is 5.53. The summed E-state index contributed by atoms with van der Waals surface area (Å²) in [6.07, 6.45) is 1.77. The lowest BCUT2D eigenvalue weighted by Gasteiger charge is -2.15. The van der Waals surface area contributed by atoms with Crippen molar-refractivity contribution in [2.24, 2.45) is 4.99 Å². The number of hydrogen-bond donors (Lipinski definition) is 1. The van der Waals surface area contributed by atoms with Gasteiger partial charge in [0.1, 0.15) is 0 Å². The molecule has 0 radical (unpaired) electrons. The maximum absolute atomic E-state index is 4.42. The number of thioether (sulfide) groups is 1. The normalized spacial score (nSPS) is 14.6. The van der Waals surface area contributed by atoms with Crippen LogP contribution in [0.1, 0.15) is 13.8 Å². The SMILES string of the molecule is CC(C)SC1=Nc2ncccc2SN1. The summed E-state index contributed by atoms with van der Waals surface area (Å²) < 4.78 is 3.20. The van der Waals surface area contributed by atoms with Crippen LogP contribution in [-0.2, 0) is 0 Å². The van der Waals surface area contributed by atoms with Gasteiger partial charge in [-0.15, -0.1) is 0 Å². The maximum Gasteiger partial charge on any atom is 0.174 e. The Morgan fingerprint density at radius 1 is 1.50 bits per heavy atom. The largest absolute Gasteiger partial charge is 0.305 e. The van der Waals surface area contributed by atoms with E-state index >= 15 is 0 Å². The van der Waals surface area contributed by atoms with Crippen molar-refractivity contribution in [1.82, 2.24) is 9.71 Å². The third-order valence-electron chi connectivity index (χ3n) is 1.55. The molecule has 1 aliphatic heterocycles. The first-order chi connectivity index (χ1) is 6.75. The molecule has 1 aromatic heterocycles. The predicted molar refractivity (Wildman–Crippen MR) is 63.1 cm³/mol. The van der Waals surface area contributed by atoms with Gasteiger partial charge in [0.05, 0.1) is 4.90 Å². The average Bonchev–Trinajstić information content (AvgIpc) is 2.17. The summed E-state index contributed by atoms with van der Waals surface area (Å²) in [5.74, 6) is 0.819. The molecule has 0 saturated heterocycles. The molecule has 0 unspecified atom stereocenters. The molecule has 3 nitrogen and oxygen atoms in total. The number of pyridine rings is 1. The number of hydrogen-bond acceptors (Lipinski definition) is 5. The lowest BCUT2D eigenvalue weighted by molar-refractivity contribution is 1.12. The third-order valence-corrected chi connectivity index (χ3v) is 3.41. The molecular weight excluding hydrogens is 214 g/mol.